The number of nitrogens with two attached hydrogens (primary N) is 1. The Kier molecular flexibility index (Phi) is 3.88. The highest BCUT2D eigenvalue weighted by molar-refractivity contribution is 7.87. The molecule has 0 spiro atoms. The van der Waals surface area contributed by atoms with E-state index in [1.54, 1.807) is 14.0 Å². The van der Waals surface area contributed by atoms with Crippen LogP contribution in [0.5, 0.6) is 0 Å². The van der Waals surface area contributed by atoms with Gasteiger partial charge in [-0.15, -0.1) is 0 Å². The molecule has 0 aromatic carbocycles. The van der Waals surface area contributed by atoms with Crippen LogP contribution in [0.2, 0.25) is 0 Å². The number of rotatable bonds is 5. The molecule has 0 radical (unpaired) electrons. The Hall–Kier alpha value is -0.170. The zero-order chi connectivity index (χ0) is 10.8. The molecular formula is C8H19N3O2S. The van der Waals surface area contributed by atoms with E-state index in [1.807, 2.05) is 0 Å². The lowest BCUT2D eigenvalue weighted by molar-refractivity contribution is 0.226. The molecule has 0 aromatic heterocycles. The van der Waals surface area contributed by atoms with Gasteiger partial charge in [0.1, 0.15) is 0 Å². The van der Waals surface area contributed by atoms with Crippen LogP contribution in [0, 0.1) is 5.92 Å². The van der Waals surface area contributed by atoms with Crippen LogP contribution >= 0.6 is 0 Å². The lowest BCUT2D eigenvalue weighted by Gasteiger charge is -2.34. The quantitative estimate of drug-likeness (QED) is 0.658. The summed E-state index contributed by atoms with van der Waals surface area (Å²) < 4.78 is 26.8. The maximum atomic E-state index is 11.5. The molecule has 6 heteroatoms. The third-order valence-electron chi connectivity index (χ3n) is 2.52. The summed E-state index contributed by atoms with van der Waals surface area (Å²) in [5, 5.41) is 0. The van der Waals surface area contributed by atoms with Crippen molar-refractivity contribution in [1.82, 2.24) is 9.03 Å². The molecule has 3 N–H and O–H groups in total. The van der Waals surface area contributed by atoms with Crippen molar-refractivity contribution in [1.29, 1.82) is 0 Å². The summed E-state index contributed by atoms with van der Waals surface area (Å²) in [6.45, 7) is 2.77. The van der Waals surface area contributed by atoms with E-state index < -0.39 is 10.2 Å². The predicted octanol–water partition coefficient (Wildman–Crippen LogP) is -0.490. The standard InChI is InChI=1S/C8H19N3O2S/c1-3-10-14(12,13)11(2)6-7-4-8(9)5-7/h7-8,10H,3-6,9H2,1-2H3. The van der Waals surface area contributed by atoms with E-state index in [0.717, 1.165) is 12.8 Å². The van der Waals surface area contributed by atoms with Gasteiger partial charge in [-0.05, 0) is 18.8 Å². The maximum Gasteiger partial charge on any atom is 0.279 e. The fraction of sp³-hybridized carbons (Fsp3) is 1.00. The Morgan fingerprint density at radius 3 is 2.50 bits per heavy atom. The summed E-state index contributed by atoms with van der Waals surface area (Å²) in [6, 6.07) is 0.273. The highest BCUT2D eigenvalue weighted by atomic mass is 32.2. The highest BCUT2D eigenvalue weighted by Crippen LogP contribution is 2.26. The van der Waals surface area contributed by atoms with Gasteiger partial charge in [-0.3, -0.25) is 0 Å². The first-order valence-corrected chi connectivity index (χ1v) is 6.36. The third kappa shape index (κ3) is 2.91. The van der Waals surface area contributed by atoms with Crippen molar-refractivity contribution < 1.29 is 8.42 Å². The minimum absolute atomic E-state index is 0.273. The summed E-state index contributed by atoms with van der Waals surface area (Å²) >= 11 is 0. The molecule has 84 valence electrons. The van der Waals surface area contributed by atoms with Crippen LogP contribution < -0.4 is 10.5 Å². The lowest BCUT2D eigenvalue weighted by atomic mass is 9.81. The van der Waals surface area contributed by atoms with E-state index in [4.69, 9.17) is 5.73 Å². The first-order valence-electron chi connectivity index (χ1n) is 4.92. The topological polar surface area (TPSA) is 75.4 Å². The second kappa shape index (κ2) is 4.57. The van der Waals surface area contributed by atoms with Crippen LogP contribution in [0.1, 0.15) is 19.8 Å². The molecule has 0 aromatic rings. The summed E-state index contributed by atoms with van der Waals surface area (Å²) in [5.74, 6) is 0.434. The van der Waals surface area contributed by atoms with Gasteiger partial charge in [-0.1, -0.05) is 6.92 Å². The fourth-order valence-electron chi connectivity index (χ4n) is 1.69. The summed E-state index contributed by atoms with van der Waals surface area (Å²) in [6.07, 6.45) is 1.87. The Bertz CT molecular complexity index is 272. The zero-order valence-corrected chi connectivity index (χ0v) is 9.55. The molecule has 0 amide bonds. The lowest BCUT2D eigenvalue weighted by Crippen LogP contribution is -2.46. The average Bonchev–Trinajstić information content (AvgIpc) is 2.01. The number of hydrogen-bond donors (Lipinski definition) is 2. The Balaban J connectivity index is 2.37. The number of nitrogens with one attached hydrogen (secondary N) is 1. The molecule has 0 atom stereocenters. The molecular weight excluding hydrogens is 202 g/mol. The van der Waals surface area contributed by atoms with E-state index >= 15 is 0 Å². The van der Waals surface area contributed by atoms with Crippen LogP contribution in [0.4, 0.5) is 0 Å². The molecule has 0 aliphatic heterocycles. The van der Waals surface area contributed by atoms with Crippen molar-refractivity contribution in [2.24, 2.45) is 11.7 Å². The molecule has 5 nitrogen and oxygen atoms in total. The SMILES string of the molecule is CCNS(=O)(=O)N(C)CC1CC(N)C1. The van der Waals surface area contributed by atoms with Gasteiger partial charge in [0.25, 0.3) is 10.2 Å². The molecule has 1 fully saturated rings. The van der Waals surface area contributed by atoms with Crippen molar-refractivity contribution in [3.63, 3.8) is 0 Å². The largest absolute Gasteiger partial charge is 0.328 e. The van der Waals surface area contributed by atoms with Crippen LogP contribution in [-0.2, 0) is 10.2 Å². The van der Waals surface area contributed by atoms with Crippen LogP contribution in [0.25, 0.3) is 0 Å². The van der Waals surface area contributed by atoms with Crippen LogP contribution in [-0.4, -0.2) is 38.9 Å². The Morgan fingerprint density at radius 1 is 1.50 bits per heavy atom. The summed E-state index contributed by atoms with van der Waals surface area (Å²) in [5.41, 5.74) is 5.63. The van der Waals surface area contributed by atoms with Crippen molar-refractivity contribution >= 4 is 10.2 Å². The van der Waals surface area contributed by atoms with Crippen LogP contribution in [0.15, 0.2) is 0 Å². The smallest absolute Gasteiger partial charge is 0.279 e. The predicted molar refractivity (Wildman–Crippen MR) is 55.9 cm³/mol. The zero-order valence-electron chi connectivity index (χ0n) is 8.73. The van der Waals surface area contributed by atoms with E-state index in [0.29, 0.717) is 19.0 Å². The van der Waals surface area contributed by atoms with Gasteiger partial charge in [0.2, 0.25) is 0 Å². The third-order valence-corrected chi connectivity index (χ3v) is 4.15. The summed E-state index contributed by atoms with van der Waals surface area (Å²) in [7, 11) is -1.66. The van der Waals surface area contributed by atoms with Crippen molar-refractivity contribution in [3.05, 3.63) is 0 Å². The molecule has 0 unspecified atom stereocenters. The minimum atomic E-state index is -3.26. The van der Waals surface area contributed by atoms with Gasteiger partial charge in [0.15, 0.2) is 0 Å². The normalized spacial score (nSPS) is 27.7. The fourth-order valence-corrected chi connectivity index (χ4v) is 2.68. The number of nitrogens with zero attached hydrogens (tertiary/aromatic N) is 1. The monoisotopic (exact) mass is 221 g/mol. The van der Waals surface area contributed by atoms with E-state index in [1.165, 1.54) is 4.31 Å². The van der Waals surface area contributed by atoms with Gasteiger partial charge in [0, 0.05) is 26.2 Å². The first-order chi connectivity index (χ1) is 6.45. The molecule has 1 saturated carbocycles. The second-order valence-electron chi connectivity index (χ2n) is 3.88. The van der Waals surface area contributed by atoms with E-state index in [-0.39, 0.29) is 6.04 Å². The second-order valence-corrected chi connectivity index (χ2v) is 5.74. The first kappa shape index (κ1) is 11.9. The molecule has 1 aliphatic rings. The molecule has 1 rings (SSSR count). The minimum Gasteiger partial charge on any atom is -0.328 e. The van der Waals surface area contributed by atoms with E-state index in [9.17, 15) is 8.42 Å². The number of hydrogen-bond acceptors (Lipinski definition) is 3. The molecule has 0 saturated heterocycles. The average molecular weight is 221 g/mol. The van der Waals surface area contributed by atoms with Crippen molar-refractivity contribution in [2.45, 2.75) is 25.8 Å². The van der Waals surface area contributed by atoms with Crippen molar-refractivity contribution in [3.8, 4) is 0 Å². The van der Waals surface area contributed by atoms with Gasteiger partial charge in [-0.2, -0.15) is 12.7 Å². The van der Waals surface area contributed by atoms with E-state index in [2.05, 4.69) is 4.72 Å². The van der Waals surface area contributed by atoms with Gasteiger partial charge in [-0.25, -0.2) is 4.72 Å². The highest BCUT2D eigenvalue weighted by Gasteiger charge is 2.29. The molecule has 14 heavy (non-hydrogen) atoms. The molecule has 1 aliphatic carbocycles. The van der Waals surface area contributed by atoms with Crippen LogP contribution in [0.3, 0.4) is 0 Å². The Labute approximate surface area is 85.8 Å². The maximum absolute atomic E-state index is 11.5. The molecule has 0 bridgehead atoms. The van der Waals surface area contributed by atoms with Gasteiger partial charge in [0.05, 0.1) is 0 Å². The Morgan fingerprint density at radius 2 is 2.07 bits per heavy atom. The molecule has 0 heterocycles. The van der Waals surface area contributed by atoms with Gasteiger partial charge < -0.3 is 5.73 Å². The van der Waals surface area contributed by atoms with Gasteiger partial charge >= 0.3 is 0 Å². The summed E-state index contributed by atoms with van der Waals surface area (Å²) in [4.78, 5) is 0. The van der Waals surface area contributed by atoms with Crippen molar-refractivity contribution in [2.75, 3.05) is 20.1 Å².